The fraction of sp³-hybridized carbons (Fsp3) is 0.130. The first-order chi connectivity index (χ1) is 12.2. The van der Waals surface area contributed by atoms with Crippen molar-refractivity contribution in [2.24, 2.45) is 0 Å². The first-order valence-corrected chi connectivity index (χ1v) is 8.59. The largest absolute Gasteiger partial charge is 0.455 e. The third kappa shape index (κ3) is 2.18. The zero-order valence-electron chi connectivity index (χ0n) is 14.2. The molecule has 0 spiro atoms. The molecule has 2 heteroatoms. The second-order valence-corrected chi connectivity index (χ2v) is 6.63. The molecule has 1 atom stereocenters. The third-order valence-electron chi connectivity index (χ3n) is 4.86. The highest BCUT2D eigenvalue weighted by Crippen LogP contribution is 2.47. The molecule has 4 aromatic carbocycles. The normalized spacial score (nSPS) is 15.8. The zero-order chi connectivity index (χ0) is 17.0. The standard InChI is InChI=1S/C23H18O2/c1-14-7-10-19-17(13-14)9-12-21-23(19)22-18-6-4-3-5-16(18)8-11-20(22)24-15(2)25-21/h3-13,15H,1-2H3. The molecule has 0 saturated heterocycles. The Labute approximate surface area is 146 Å². The molecule has 1 aliphatic heterocycles. The van der Waals surface area contributed by atoms with Crippen LogP contribution in [0.25, 0.3) is 32.7 Å². The van der Waals surface area contributed by atoms with Crippen LogP contribution in [0.5, 0.6) is 11.5 Å². The maximum Gasteiger partial charge on any atom is 0.238 e. The van der Waals surface area contributed by atoms with Gasteiger partial charge in [-0.05, 0) is 40.6 Å². The Hall–Kier alpha value is -3.00. The van der Waals surface area contributed by atoms with Crippen molar-refractivity contribution in [1.82, 2.24) is 0 Å². The second-order valence-electron chi connectivity index (χ2n) is 6.63. The topological polar surface area (TPSA) is 18.5 Å². The van der Waals surface area contributed by atoms with Crippen LogP contribution in [0.15, 0.2) is 66.7 Å². The maximum atomic E-state index is 6.10. The van der Waals surface area contributed by atoms with Crippen LogP contribution in [0.2, 0.25) is 0 Å². The van der Waals surface area contributed by atoms with Crippen molar-refractivity contribution < 1.29 is 9.47 Å². The van der Waals surface area contributed by atoms with Crippen LogP contribution in [0.4, 0.5) is 0 Å². The first kappa shape index (κ1) is 14.4. The lowest BCUT2D eigenvalue weighted by atomic mass is 9.92. The fourth-order valence-electron chi connectivity index (χ4n) is 3.77. The Morgan fingerprint density at radius 1 is 0.680 bits per heavy atom. The molecule has 5 rings (SSSR count). The van der Waals surface area contributed by atoms with E-state index in [0.717, 1.165) is 22.6 Å². The molecule has 2 nitrogen and oxygen atoms in total. The van der Waals surface area contributed by atoms with Gasteiger partial charge in [-0.15, -0.1) is 0 Å². The second kappa shape index (κ2) is 5.25. The molecule has 0 amide bonds. The molecule has 4 aromatic rings. The van der Waals surface area contributed by atoms with Crippen molar-refractivity contribution in [1.29, 1.82) is 0 Å². The van der Waals surface area contributed by atoms with Crippen LogP contribution in [0.3, 0.4) is 0 Å². The minimum absolute atomic E-state index is 0.330. The minimum atomic E-state index is -0.330. The lowest BCUT2D eigenvalue weighted by Crippen LogP contribution is -2.18. The summed E-state index contributed by atoms with van der Waals surface area (Å²) in [7, 11) is 0. The van der Waals surface area contributed by atoms with E-state index in [2.05, 4.69) is 73.7 Å². The summed E-state index contributed by atoms with van der Waals surface area (Å²) in [5.74, 6) is 1.75. The SMILES string of the molecule is Cc1ccc2c3c(ccc2c1)OC(C)Oc1ccc2ccccc2c1-3. The monoisotopic (exact) mass is 326 g/mol. The van der Waals surface area contributed by atoms with Crippen LogP contribution < -0.4 is 9.47 Å². The molecule has 0 saturated carbocycles. The molecule has 0 N–H and O–H groups in total. The van der Waals surface area contributed by atoms with Crippen molar-refractivity contribution in [2.45, 2.75) is 20.1 Å². The fourth-order valence-corrected chi connectivity index (χ4v) is 3.77. The molecule has 0 bridgehead atoms. The van der Waals surface area contributed by atoms with Crippen LogP contribution in [-0.2, 0) is 0 Å². The predicted octanol–water partition coefficient (Wildman–Crippen LogP) is 6.09. The summed E-state index contributed by atoms with van der Waals surface area (Å²) in [6.45, 7) is 4.06. The summed E-state index contributed by atoms with van der Waals surface area (Å²) in [5, 5.41) is 4.80. The lowest BCUT2D eigenvalue weighted by Gasteiger charge is -2.14. The third-order valence-corrected chi connectivity index (χ3v) is 4.86. The summed E-state index contributed by atoms with van der Waals surface area (Å²) in [6.07, 6.45) is -0.330. The van der Waals surface area contributed by atoms with E-state index in [1.54, 1.807) is 0 Å². The average molecular weight is 326 g/mol. The Kier molecular flexibility index (Phi) is 3.01. The molecule has 0 fully saturated rings. The van der Waals surface area contributed by atoms with Crippen LogP contribution >= 0.6 is 0 Å². The summed E-state index contributed by atoms with van der Waals surface area (Å²) in [6, 6.07) is 23.4. The van der Waals surface area contributed by atoms with Crippen molar-refractivity contribution >= 4 is 21.5 Å². The van der Waals surface area contributed by atoms with Crippen molar-refractivity contribution in [3.63, 3.8) is 0 Å². The number of benzene rings is 4. The van der Waals surface area contributed by atoms with Crippen molar-refractivity contribution in [3.05, 3.63) is 72.3 Å². The van der Waals surface area contributed by atoms with Crippen LogP contribution in [-0.4, -0.2) is 6.29 Å². The van der Waals surface area contributed by atoms with E-state index >= 15 is 0 Å². The Morgan fingerprint density at radius 3 is 2.08 bits per heavy atom. The Balaban J connectivity index is 1.98. The molecule has 0 aromatic heterocycles. The first-order valence-electron chi connectivity index (χ1n) is 8.59. The number of hydrogen-bond acceptors (Lipinski definition) is 2. The average Bonchev–Trinajstić information content (AvgIpc) is 2.76. The van der Waals surface area contributed by atoms with Gasteiger partial charge in [0.05, 0.1) is 0 Å². The van der Waals surface area contributed by atoms with Gasteiger partial charge < -0.3 is 9.47 Å². The maximum absolute atomic E-state index is 6.10. The summed E-state index contributed by atoms with van der Waals surface area (Å²) in [5.41, 5.74) is 3.49. The van der Waals surface area contributed by atoms with Gasteiger partial charge in [-0.3, -0.25) is 0 Å². The van der Waals surface area contributed by atoms with E-state index in [-0.39, 0.29) is 6.29 Å². The highest BCUT2D eigenvalue weighted by Gasteiger charge is 2.24. The molecule has 1 unspecified atom stereocenters. The molecular weight excluding hydrogens is 308 g/mol. The van der Waals surface area contributed by atoms with Gasteiger partial charge in [0, 0.05) is 18.1 Å². The van der Waals surface area contributed by atoms with Crippen LogP contribution in [0.1, 0.15) is 12.5 Å². The number of rotatable bonds is 0. The predicted molar refractivity (Wildman–Crippen MR) is 102 cm³/mol. The van der Waals surface area contributed by atoms with Gasteiger partial charge in [0.2, 0.25) is 6.29 Å². The van der Waals surface area contributed by atoms with Gasteiger partial charge in [-0.25, -0.2) is 0 Å². The van der Waals surface area contributed by atoms with Crippen molar-refractivity contribution in [2.75, 3.05) is 0 Å². The van der Waals surface area contributed by atoms with Gasteiger partial charge in [-0.2, -0.15) is 0 Å². The van der Waals surface area contributed by atoms with Gasteiger partial charge in [0.25, 0.3) is 0 Å². The van der Waals surface area contributed by atoms with Crippen molar-refractivity contribution in [3.8, 4) is 22.6 Å². The van der Waals surface area contributed by atoms with E-state index in [1.807, 2.05) is 6.92 Å². The number of hydrogen-bond donors (Lipinski definition) is 0. The highest BCUT2D eigenvalue weighted by molar-refractivity contribution is 6.10. The van der Waals surface area contributed by atoms with E-state index in [1.165, 1.54) is 27.1 Å². The number of fused-ring (bicyclic) bond motifs is 7. The Bertz CT molecular complexity index is 1130. The van der Waals surface area contributed by atoms with E-state index in [4.69, 9.17) is 9.47 Å². The lowest BCUT2D eigenvalue weighted by molar-refractivity contribution is 0.0264. The molecule has 25 heavy (non-hydrogen) atoms. The van der Waals surface area contributed by atoms with E-state index < -0.39 is 0 Å². The summed E-state index contributed by atoms with van der Waals surface area (Å²) < 4.78 is 12.2. The molecule has 1 aliphatic rings. The Morgan fingerprint density at radius 2 is 1.32 bits per heavy atom. The molecular formula is C23H18O2. The van der Waals surface area contributed by atoms with Gasteiger partial charge in [0.1, 0.15) is 11.5 Å². The minimum Gasteiger partial charge on any atom is -0.455 e. The van der Waals surface area contributed by atoms with E-state index in [0.29, 0.717) is 0 Å². The quantitative estimate of drug-likeness (QED) is 0.389. The van der Waals surface area contributed by atoms with Gasteiger partial charge in [0.15, 0.2) is 0 Å². The summed E-state index contributed by atoms with van der Waals surface area (Å²) in [4.78, 5) is 0. The van der Waals surface area contributed by atoms with Gasteiger partial charge >= 0.3 is 0 Å². The molecule has 0 aliphatic carbocycles. The number of aryl methyl sites for hydroxylation is 1. The molecule has 1 heterocycles. The molecule has 0 radical (unpaired) electrons. The van der Waals surface area contributed by atoms with Gasteiger partial charge in [-0.1, -0.05) is 60.2 Å². The van der Waals surface area contributed by atoms with Crippen LogP contribution in [0, 0.1) is 6.92 Å². The summed E-state index contributed by atoms with van der Waals surface area (Å²) >= 11 is 0. The molecule has 122 valence electrons. The smallest absolute Gasteiger partial charge is 0.238 e. The number of ether oxygens (including phenoxy) is 2. The highest BCUT2D eigenvalue weighted by atomic mass is 16.7. The zero-order valence-corrected chi connectivity index (χ0v) is 14.2. The van der Waals surface area contributed by atoms with E-state index in [9.17, 15) is 0 Å².